The Morgan fingerprint density at radius 1 is 1.12 bits per heavy atom. The summed E-state index contributed by atoms with van der Waals surface area (Å²) in [4.78, 5) is 6.94. The van der Waals surface area contributed by atoms with Gasteiger partial charge < -0.3 is 26.6 Å². The number of halogens is 1. The number of thioether (sulfide) groups is 1. The van der Waals surface area contributed by atoms with Gasteiger partial charge in [0.15, 0.2) is 5.17 Å². The molecule has 0 radical (unpaired) electrons. The Morgan fingerprint density at radius 2 is 1.83 bits per heavy atom. The highest BCUT2D eigenvalue weighted by molar-refractivity contribution is 8.16. The zero-order chi connectivity index (χ0) is 15.9. The third kappa shape index (κ3) is 3.15. The van der Waals surface area contributed by atoms with Crippen LogP contribution in [0.25, 0.3) is 5.70 Å². The maximum absolute atomic E-state index is 12.6. The number of sulfonamides is 1. The van der Waals surface area contributed by atoms with E-state index < -0.39 is 10.0 Å². The highest BCUT2D eigenvalue weighted by Gasteiger charge is 2.29. The van der Waals surface area contributed by atoms with Crippen molar-refractivity contribution in [2.45, 2.75) is 4.90 Å². The Hall–Kier alpha value is -0.870. The molecule has 6 nitrogen and oxygen atoms in total. The van der Waals surface area contributed by atoms with Gasteiger partial charge in [-0.05, 0) is 17.7 Å². The van der Waals surface area contributed by atoms with Crippen LogP contribution in [-0.2, 0) is 14.8 Å². The Balaban J connectivity index is 0.00000113. The summed E-state index contributed by atoms with van der Waals surface area (Å²) in [6.07, 6.45) is 0. The first-order chi connectivity index (χ1) is 11.2. The van der Waals surface area contributed by atoms with Crippen LogP contribution in [0.1, 0.15) is 6.99 Å². The van der Waals surface area contributed by atoms with Crippen molar-refractivity contribution in [3.8, 4) is 0 Å². The minimum Gasteiger partial charge on any atom is -1.00 e. The SMILES string of the molecule is O=S(=O)(c1ccc(C2=CSC3=NCCN23)cc1)N1CCOCC1.[Br-].[H+]. The highest BCUT2D eigenvalue weighted by atomic mass is 79.9. The van der Waals surface area contributed by atoms with Crippen molar-refractivity contribution >= 4 is 32.6 Å². The number of hydrogen-bond donors (Lipinski definition) is 0. The van der Waals surface area contributed by atoms with Crippen LogP contribution in [0.5, 0.6) is 0 Å². The minimum atomic E-state index is -3.43. The molecule has 4 rings (SSSR count). The van der Waals surface area contributed by atoms with E-state index in [4.69, 9.17) is 4.74 Å². The molecule has 1 saturated heterocycles. The fraction of sp³-hybridized carbons (Fsp3) is 0.400. The van der Waals surface area contributed by atoms with Gasteiger partial charge in [-0.15, -0.1) is 0 Å². The standard InChI is InChI=1S/C15H17N3O3S2.BrH/c19-23(20,17-7-9-21-10-8-17)13-3-1-12(2-4-13)14-11-22-15-16-5-6-18(14)15;/h1-4,11H,5-10H2;1H. The first kappa shape index (κ1) is 17.9. The summed E-state index contributed by atoms with van der Waals surface area (Å²) in [7, 11) is -3.43. The van der Waals surface area contributed by atoms with E-state index in [2.05, 4.69) is 15.3 Å². The largest absolute Gasteiger partial charge is 1.00 e. The van der Waals surface area contributed by atoms with Crippen LogP contribution in [0.2, 0.25) is 0 Å². The minimum absolute atomic E-state index is 0. The van der Waals surface area contributed by atoms with Gasteiger partial charge in [0.25, 0.3) is 0 Å². The van der Waals surface area contributed by atoms with Gasteiger partial charge in [-0.3, -0.25) is 4.99 Å². The fourth-order valence-corrected chi connectivity index (χ4v) is 5.25. The van der Waals surface area contributed by atoms with E-state index in [-0.39, 0.29) is 18.4 Å². The molecule has 0 aliphatic carbocycles. The van der Waals surface area contributed by atoms with Gasteiger partial charge in [0, 0.05) is 25.0 Å². The zero-order valence-electron chi connectivity index (χ0n) is 13.9. The van der Waals surface area contributed by atoms with Crippen LogP contribution in [0, 0.1) is 0 Å². The second-order valence-corrected chi connectivity index (χ2v) is 8.25. The number of aliphatic imine (C=N–C) groups is 1. The van der Waals surface area contributed by atoms with Crippen LogP contribution in [0.3, 0.4) is 0 Å². The van der Waals surface area contributed by atoms with Crippen molar-refractivity contribution in [3.05, 3.63) is 35.2 Å². The molecule has 1 fully saturated rings. The van der Waals surface area contributed by atoms with Crippen LogP contribution < -0.4 is 17.0 Å². The van der Waals surface area contributed by atoms with Crippen molar-refractivity contribution < 1.29 is 31.6 Å². The average molecular weight is 432 g/mol. The molecule has 0 N–H and O–H groups in total. The zero-order valence-corrected chi connectivity index (χ0v) is 16.1. The summed E-state index contributed by atoms with van der Waals surface area (Å²) >= 11 is 1.62. The van der Waals surface area contributed by atoms with Crippen molar-refractivity contribution in [3.63, 3.8) is 0 Å². The average Bonchev–Trinajstić information content (AvgIpc) is 3.19. The number of amidine groups is 1. The second kappa shape index (κ2) is 7.17. The molecule has 0 bridgehead atoms. The number of ether oxygens (including phenoxy) is 1. The first-order valence-electron chi connectivity index (χ1n) is 7.53. The lowest BCUT2D eigenvalue weighted by Crippen LogP contribution is -3.00. The molecular formula is C15H18BrN3O3S2. The topological polar surface area (TPSA) is 62.2 Å². The summed E-state index contributed by atoms with van der Waals surface area (Å²) in [6, 6.07) is 7.13. The van der Waals surface area contributed by atoms with E-state index in [1.54, 1.807) is 23.9 Å². The predicted octanol–water partition coefficient (Wildman–Crippen LogP) is -1.46. The first-order valence-corrected chi connectivity index (χ1v) is 9.85. The summed E-state index contributed by atoms with van der Waals surface area (Å²) in [6.45, 7) is 3.46. The monoisotopic (exact) mass is 431 g/mol. The van der Waals surface area contributed by atoms with Crippen LogP contribution >= 0.6 is 11.8 Å². The van der Waals surface area contributed by atoms with Gasteiger partial charge >= 0.3 is 1.43 Å². The summed E-state index contributed by atoms with van der Waals surface area (Å²) < 4.78 is 32.0. The van der Waals surface area contributed by atoms with Gasteiger partial charge in [-0.25, -0.2) is 8.42 Å². The molecule has 3 aliphatic rings. The van der Waals surface area contributed by atoms with Crippen molar-refractivity contribution in [2.24, 2.45) is 4.99 Å². The van der Waals surface area contributed by atoms with E-state index in [1.807, 2.05) is 12.1 Å². The summed E-state index contributed by atoms with van der Waals surface area (Å²) in [5, 5.41) is 3.11. The molecule has 9 heteroatoms. The van der Waals surface area contributed by atoms with Gasteiger partial charge in [-0.1, -0.05) is 23.9 Å². The molecule has 130 valence electrons. The molecular weight excluding hydrogens is 414 g/mol. The quantitative estimate of drug-likeness (QED) is 0.585. The predicted molar refractivity (Wildman–Crippen MR) is 91.7 cm³/mol. The molecule has 1 aromatic carbocycles. The Labute approximate surface area is 157 Å². The van der Waals surface area contributed by atoms with Gasteiger partial charge in [0.2, 0.25) is 10.0 Å². The second-order valence-electron chi connectivity index (χ2n) is 5.48. The van der Waals surface area contributed by atoms with Crippen molar-refractivity contribution in [2.75, 3.05) is 39.4 Å². The lowest BCUT2D eigenvalue weighted by Gasteiger charge is -2.26. The van der Waals surface area contributed by atoms with E-state index in [9.17, 15) is 8.42 Å². The Morgan fingerprint density at radius 3 is 2.54 bits per heavy atom. The normalized spacial score (nSPS) is 21.1. The van der Waals surface area contributed by atoms with E-state index >= 15 is 0 Å². The number of benzene rings is 1. The molecule has 24 heavy (non-hydrogen) atoms. The third-order valence-corrected chi connectivity index (χ3v) is 6.94. The highest BCUT2D eigenvalue weighted by Crippen LogP contribution is 2.35. The maximum atomic E-state index is 12.6. The third-order valence-electron chi connectivity index (χ3n) is 4.13. The number of nitrogens with zero attached hydrogens (tertiary/aromatic N) is 3. The number of fused-ring (bicyclic) bond motifs is 1. The van der Waals surface area contributed by atoms with Crippen molar-refractivity contribution in [1.29, 1.82) is 0 Å². The smallest absolute Gasteiger partial charge is 1.00 e. The van der Waals surface area contributed by atoms with E-state index in [1.165, 1.54) is 4.31 Å². The fourth-order valence-electron chi connectivity index (χ4n) is 2.88. The molecule has 0 atom stereocenters. The number of morpholine rings is 1. The Bertz CT molecular complexity index is 778. The van der Waals surface area contributed by atoms with E-state index in [0.717, 1.165) is 29.5 Å². The van der Waals surface area contributed by atoms with Gasteiger partial charge in [0.1, 0.15) is 0 Å². The molecule has 1 aromatic rings. The molecule has 0 unspecified atom stereocenters. The van der Waals surface area contributed by atoms with Crippen LogP contribution in [-0.4, -0.2) is 62.2 Å². The number of hydrogen-bond acceptors (Lipinski definition) is 6. The lowest BCUT2D eigenvalue weighted by molar-refractivity contribution is -0.00000743. The summed E-state index contributed by atoms with van der Waals surface area (Å²) in [5.41, 5.74) is 2.12. The molecule has 3 heterocycles. The van der Waals surface area contributed by atoms with Gasteiger partial charge in [-0.2, -0.15) is 4.31 Å². The Kier molecular flexibility index (Phi) is 5.36. The molecule has 0 spiro atoms. The number of rotatable bonds is 3. The van der Waals surface area contributed by atoms with Crippen LogP contribution in [0.4, 0.5) is 0 Å². The summed E-state index contributed by atoms with van der Waals surface area (Å²) in [5.74, 6) is 0. The molecule has 0 aromatic heterocycles. The lowest BCUT2D eigenvalue weighted by atomic mass is 10.1. The molecule has 3 aliphatic heterocycles. The van der Waals surface area contributed by atoms with Crippen molar-refractivity contribution in [1.82, 2.24) is 9.21 Å². The molecule has 0 amide bonds. The molecule has 0 saturated carbocycles. The van der Waals surface area contributed by atoms with Gasteiger partial charge in [0.05, 0.1) is 30.4 Å². The van der Waals surface area contributed by atoms with E-state index in [0.29, 0.717) is 31.2 Å². The maximum Gasteiger partial charge on any atom is 1.00 e. The van der Waals surface area contributed by atoms with Crippen LogP contribution in [0.15, 0.2) is 39.6 Å².